The molecule has 0 bridgehead atoms. The third-order valence-electron chi connectivity index (χ3n) is 2.48. The molecule has 2 N–H and O–H groups in total. The SMILES string of the molecule is COc1cc(NC(=O)c2cn(CC(=O)O)nn2)ccc1F. The maximum Gasteiger partial charge on any atom is 0.325 e. The van der Waals surface area contributed by atoms with Crippen molar-refractivity contribution >= 4 is 17.6 Å². The van der Waals surface area contributed by atoms with Crippen LogP contribution in [0.1, 0.15) is 10.5 Å². The van der Waals surface area contributed by atoms with Gasteiger partial charge in [0.1, 0.15) is 6.54 Å². The van der Waals surface area contributed by atoms with Crippen LogP contribution in [0.2, 0.25) is 0 Å². The van der Waals surface area contributed by atoms with Crippen molar-refractivity contribution < 1.29 is 23.8 Å². The minimum absolute atomic E-state index is 0.0117. The second kappa shape index (κ2) is 5.99. The Morgan fingerprint density at radius 2 is 2.24 bits per heavy atom. The van der Waals surface area contributed by atoms with Gasteiger partial charge in [-0.05, 0) is 12.1 Å². The average Bonchev–Trinajstić information content (AvgIpc) is 2.88. The first-order valence-electron chi connectivity index (χ1n) is 5.76. The minimum atomic E-state index is -1.10. The number of carbonyl (C=O) groups is 2. The molecule has 2 rings (SSSR count). The molecular formula is C12H11FN4O4. The lowest BCUT2D eigenvalue weighted by Crippen LogP contribution is -2.13. The van der Waals surface area contributed by atoms with E-state index in [1.807, 2.05) is 0 Å². The van der Waals surface area contributed by atoms with Crippen molar-refractivity contribution in [1.82, 2.24) is 15.0 Å². The van der Waals surface area contributed by atoms with Crippen LogP contribution in [0.4, 0.5) is 10.1 Å². The number of carbonyl (C=O) groups excluding carboxylic acids is 1. The summed E-state index contributed by atoms with van der Waals surface area (Å²) in [5, 5.41) is 18.1. The number of ether oxygens (including phenoxy) is 1. The number of carboxylic acid groups (broad SMARTS) is 1. The number of rotatable bonds is 5. The Bertz CT molecular complexity index is 686. The molecule has 0 aliphatic rings. The van der Waals surface area contributed by atoms with Gasteiger partial charge in [0.25, 0.3) is 5.91 Å². The van der Waals surface area contributed by atoms with Crippen LogP contribution < -0.4 is 10.1 Å². The summed E-state index contributed by atoms with van der Waals surface area (Å²) in [5.74, 6) is -2.26. The van der Waals surface area contributed by atoms with E-state index in [-0.39, 0.29) is 11.4 Å². The van der Waals surface area contributed by atoms with E-state index in [1.54, 1.807) is 0 Å². The number of hydrogen-bond acceptors (Lipinski definition) is 5. The van der Waals surface area contributed by atoms with E-state index >= 15 is 0 Å². The third kappa shape index (κ3) is 3.53. The van der Waals surface area contributed by atoms with Gasteiger partial charge in [-0.3, -0.25) is 9.59 Å². The van der Waals surface area contributed by atoms with Gasteiger partial charge >= 0.3 is 5.97 Å². The number of carboxylic acids is 1. The van der Waals surface area contributed by atoms with Gasteiger partial charge in [-0.25, -0.2) is 9.07 Å². The molecule has 1 heterocycles. The molecule has 21 heavy (non-hydrogen) atoms. The molecule has 0 spiro atoms. The molecule has 0 unspecified atom stereocenters. The van der Waals surface area contributed by atoms with Gasteiger partial charge in [-0.15, -0.1) is 5.10 Å². The molecule has 9 heteroatoms. The van der Waals surface area contributed by atoms with Crippen LogP contribution in [-0.2, 0) is 11.3 Å². The molecular weight excluding hydrogens is 283 g/mol. The highest BCUT2D eigenvalue weighted by Gasteiger charge is 2.13. The molecule has 0 aliphatic heterocycles. The molecule has 1 amide bonds. The van der Waals surface area contributed by atoms with Crippen LogP contribution in [-0.4, -0.2) is 39.1 Å². The number of hydrogen-bond donors (Lipinski definition) is 2. The Morgan fingerprint density at radius 1 is 1.48 bits per heavy atom. The number of nitrogens with one attached hydrogen (secondary N) is 1. The zero-order valence-electron chi connectivity index (χ0n) is 10.9. The normalized spacial score (nSPS) is 10.2. The number of methoxy groups -OCH3 is 1. The van der Waals surface area contributed by atoms with E-state index in [4.69, 9.17) is 9.84 Å². The summed E-state index contributed by atoms with van der Waals surface area (Å²) in [6.45, 7) is -0.398. The molecule has 0 fully saturated rings. The molecule has 0 atom stereocenters. The van der Waals surface area contributed by atoms with Gasteiger partial charge in [0.05, 0.1) is 13.3 Å². The Kier molecular flexibility index (Phi) is 4.12. The Balaban J connectivity index is 2.10. The molecule has 0 radical (unpaired) electrons. The molecule has 1 aromatic carbocycles. The van der Waals surface area contributed by atoms with E-state index < -0.39 is 24.2 Å². The first kappa shape index (κ1) is 14.4. The molecule has 0 saturated carbocycles. The zero-order valence-corrected chi connectivity index (χ0v) is 10.9. The van der Waals surface area contributed by atoms with Crippen molar-refractivity contribution in [2.45, 2.75) is 6.54 Å². The van der Waals surface area contributed by atoms with Crippen molar-refractivity contribution in [3.8, 4) is 5.75 Å². The molecule has 1 aromatic heterocycles. The summed E-state index contributed by atoms with van der Waals surface area (Å²) in [6.07, 6.45) is 1.20. The lowest BCUT2D eigenvalue weighted by molar-refractivity contribution is -0.137. The Morgan fingerprint density at radius 3 is 2.90 bits per heavy atom. The monoisotopic (exact) mass is 294 g/mol. The second-order valence-corrected chi connectivity index (χ2v) is 4.00. The van der Waals surface area contributed by atoms with E-state index in [1.165, 1.54) is 25.4 Å². The van der Waals surface area contributed by atoms with Crippen LogP contribution >= 0.6 is 0 Å². The van der Waals surface area contributed by atoms with Crippen molar-refractivity contribution in [2.75, 3.05) is 12.4 Å². The average molecular weight is 294 g/mol. The highest BCUT2D eigenvalue weighted by atomic mass is 19.1. The first-order chi connectivity index (χ1) is 9.99. The quantitative estimate of drug-likeness (QED) is 0.843. The minimum Gasteiger partial charge on any atom is -0.494 e. The number of amides is 1. The Labute approximate surface area is 118 Å². The largest absolute Gasteiger partial charge is 0.494 e. The topological polar surface area (TPSA) is 106 Å². The summed E-state index contributed by atoms with van der Waals surface area (Å²) in [5.41, 5.74) is 0.255. The highest BCUT2D eigenvalue weighted by Crippen LogP contribution is 2.21. The van der Waals surface area contributed by atoms with E-state index in [0.717, 1.165) is 10.7 Å². The van der Waals surface area contributed by atoms with Gasteiger partial charge in [-0.2, -0.15) is 0 Å². The predicted octanol–water partition coefficient (Wildman–Crippen LogP) is 0.763. The van der Waals surface area contributed by atoms with Crippen LogP contribution in [0.3, 0.4) is 0 Å². The van der Waals surface area contributed by atoms with E-state index in [9.17, 15) is 14.0 Å². The van der Waals surface area contributed by atoms with Crippen molar-refractivity contribution in [3.05, 3.63) is 35.9 Å². The fourth-order valence-electron chi connectivity index (χ4n) is 1.55. The van der Waals surface area contributed by atoms with Gasteiger partial charge < -0.3 is 15.2 Å². The predicted molar refractivity (Wildman–Crippen MR) is 68.6 cm³/mol. The number of halogens is 1. The number of aliphatic carboxylic acids is 1. The fraction of sp³-hybridized carbons (Fsp3) is 0.167. The smallest absolute Gasteiger partial charge is 0.325 e. The molecule has 0 aliphatic carbocycles. The molecule has 2 aromatic rings. The van der Waals surface area contributed by atoms with E-state index in [0.29, 0.717) is 5.69 Å². The summed E-state index contributed by atoms with van der Waals surface area (Å²) in [4.78, 5) is 22.4. The van der Waals surface area contributed by atoms with Gasteiger partial charge in [0.15, 0.2) is 17.3 Å². The summed E-state index contributed by atoms with van der Waals surface area (Å²) >= 11 is 0. The number of aromatic nitrogens is 3. The van der Waals surface area contributed by atoms with Crippen molar-refractivity contribution in [3.63, 3.8) is 0 Å². The zero-order chi connectivity index (χ0) is 15.4. The molecule has 8 nitrogen and oxygen atoms in total. The summed E-state index contributed by atoms with van der Waals surface area (Å²) in [6, 6.07) is 3.82. The number of benzene rings is 1. The maximum atomic E-state index is 13.2. The Hall–Kier alpha value is -2.97. The van der Waals surface area contributed by atoms with Crippen molar-refractivity contribution in [2.24, 2.45) is 0 Å². The third-order valence-corrected chi connectivity index (χ3v) is 2.48. The lowest BCUT2D eigenvalue weighted by atomic mass is 10.3. The maximum absolute atomic E-state index is 13.2. The van der Waals surface area contributed by atoms with Crippen LogP contribution in [0.5, 0.6) is 5.75 Å². The highest BCUT2D eigenvalue weighted by molar-refractivity contribution is 6.02. The van der Waals surface area contributed by atoms with Gasteiger partial charge in [-0.1, -0.05) is 5.21 Å². The van der Waals surface area contributed by atoms with Gasteiger partial charge in [0.2, 0.25) is 0 Å². The first-order valence-corrected chi connectivity index (χ1v) is 5.76. The lowest BCUT2D eigenvalue weighted by Gasteiger charge is -2.06. The second-order valence-electron chi connectivity index (χ2n) is 4.00. The van der Waals surface area contributed by atoms with Crippen LogP contribution in [0.25, 0.3) is 0 Å². The van der Waals surface area contributed by atoms with Crippen LogP contribution in [0, 0.1) is 5.82 Å². The summed E-state index contributed by atoms with van der Waals surface area (Å²) < 4.78 is 19.0. The standard InChI is InChI=1S/C12H11FN4O4/c1-21-10-4-7(2-3-8(10)13)14-12(20)9-5-17(16-15-9)6-11(18)19/h2-5H,6H2,1H3,(H,14,20)(H,18,19). The number of nitrogens with zero attached hydrogens (tertiary/aromatic N) is 3. The molecule has 110 valence electrons. The van der Waals surface area contributed by atoms with E-state index in [2.05, 4.69) is 15.6 Å². The molecule has 0 saturated heterocycles. The van der Waals surface area contributed by atoms with Crippen LogP contribution in [0.15, 0.2) is 24.4 Å². The van der Waals surface area contributed by atoms with Crippen molar-refractivity contribution in [1.29, 1.82) is 0 Å². The fourth-order valence-corrected chi connectivity index (χ4v) is 1.55. The summed E-state index contributed by atoms with van der Waals surface area (Å²) in [7, 11) is 1.31. The number of anilines is 1. The van der Waals surface area contributed by atoms with Gasteiger partial charge in [0, 0.05) is 11.8 Å².